The van der Waals surface area contributed by atoms with Gasteiger partial charge in [-0.3, -0.25) is 0 Å². The zero-order chi connectivity index (χ0) is 9.83. The van der Waals surface area contributed by atoms with E-state index in [-0.39, 0.29) is 0 Å². The van der Waals surface area contributed by atoms with E-state index < -0.39 is 11.2 Å². The van der Waals surface area contributed by atoms with E-state index in [4.69, 9.17) is 0 Å². The molecule has 0 aliphatic carbocycles. The third-order valence-corrected chi connectivity index (χ3v) is 2.23. The average Bonchev–Trinajstić information content (AvgIpc) is 2.02. The Kier molecular flexibility index (Phi) is 3.94. The molecular weight excluding hydrogens is 152 g/mol. The molecule has 0 rings (SSSR count). The van der Waals surface area contributed by atoms with Crippen LogP contribution in [0, 0.1) is 0 Å². The molecule has 72 valence electrons. The minimum Gasteiger partial charge on any atom is -0.386 e. The first kappa shape index (κ1) is 11.7. The Hall–Kier alpha value is -0.340. The van der Waals surface area contributed by atoms with Crippen molar-refractivity contribution in [3.63, 3.8) is 0 Å². The molecule has 0 aliphatic rings. The molecule has 0 spiro atoms. The van der Waals surface area contributed by atoms with Gasteiger partial charge in [0.2, 0.25) is 0 Å². The minimum absolute atomic E-state index is 0.656. The largest absolute Gasteiger partial charge is 0.386 e. The summed E-state index contributed by atoms with van der Waals surface area (Å²) in [4.78, 5) is 0. The lowest BCUT2D eigenvalue weighted by Crippen LogP contribution is -2.24. The van der Waals surface area contributed by atoms with E-state index in [0.717, 1.165) is 0 Å². The van der Waals surface area contributed by atoms with Crippen LogP contribution >= 0.6 is 0 Å². The number of aliphatic hydroxyl groups is 2. The summed E-state index contributed by atoms with van der Waals surface area (Å²) in [5.41, 5.74) is -1.58. The highest BCUT2D eigenvalue weighted by Crippen LogP contribution is 2.15. The molecule has 0 heterocycles. The molecule has 2 heteroatoms. The highest BCUT2D eigenvalue weighted by atomic mass is 16.3. The Morgan fingerprint density at radius 3 is 1.33 bits per heavy atom. The van der Waals surface area contributed by atoms with E-state index in [1.165, 1.54) is 0 Å². The lowest BCUT2D eigenvalue weighted by atomic mass is 9.97. The van der Waals surface area contributed by atoms with Gasteiger partial charge in [-0.15, -0.1) is 0 Å². The fourth-order valence-corrected chi connectivity index (χ4v) is 0.595. The summed E-state index contributed by atoms with van der Waals surface area (Å²) in [7, 11) is 0. The summed E-state index contributed by atoms with van der Waals surface area (Å²) < 4.78 is 0. The second-order valence-electron chi connectivity index (χ2n) is 3.75. The molecule has 0 aromatic heterocycles. The molecule has 0 aliphatic heterocycles. The van der Waals surface area contributed by atoms with Gasteiger partial charge in [0, 0.05) is 0 Å². The maximum atomic E-state index is 9.58. The second kappa shape index (κ2) is 4.06. The van der Waals surface area contributed by atoms with Crippen molar-refractivity contribution in [2.75, 3.05) is 0 Å². The first-order valence-electron chi connectivity index (χ1n) is 4.48. The van der Waals surface area contributed by atoms with E-state index in [2.05, 4.69) is 0 Å². The normalized spacial score (nSPS) is 22.2. The zero-order valence-corrected chi connectivity index (χ0v) is 8.46. The van der Waals surface area contributed by atoms with Crippen LogP contribution in [-0.4, -0.2) is 21.4 Å². The van der Waals surface area contributed by atoms with Crippen molar-refractivity contribution >= 4 is 0 Å². The smallest absolute Gasteiger partial charge is 0.0798 e. The van der Waals surface area contributed by atoms with Gasteiger partial charge in [-0.05, 0) is 26.7 Å². The molecule has 0 aromatic carbocycles. The van der Waals surface area contributed by atoms with Gasteiger partial charge in [-0.25, -0.2) is 0 Å². The van der Waals surface area contributed by atoms with E-state index in [9.17, 15) is 10.2 Å². The Labute approximate surface area is 74.9 Å². The summed E-state index contributed by atoms with van der Waals surface area (Å²) in [6.45, 7) is 7.28. The van der Waals surface area contributed by atoms with Crippen LogP contribution in [0.1, 0.15) is 40.5 Å². The molecule has 0 amide bonds. The fraction of sp³-hybridized carbons (Fsp3) is 0.800. The topological polar surface area (TPSA) is 40.5 Å². The predicted octanol–water partition coefficient (Wildman–Crippen LogP) is 1.86. The van der Waals surface area contributed by atoms with Gasteiger partial charge in [0.1, 0.15) is 0 Å². The van der Waals surface area contributed by atoms with E-state index in [1.54, 1.807) is 26.0 Å². The highest BCUT2D eigenvalue weighted by molar-refractivity contribution is 5.05. The molecule has 0 saturated carbocycles. The Morgan fingerprint density at radius 1 is 0.917 bits per heavy atom. The van der Waals surface area contributed by atoms with E-state index in [1.807, 2.05) is 13.8 Å². The maximum Gasteiger partial charge on any atom is 0.0798 e. The summed E-state index contributed by atoms with van der Waals surface area (Å²) in [6.07, 6.45) is 4.64. The van der Waals surface area contributed by atoms with Crippen molar-refractivity contribution in [2.45, 2.75) is 51.7 Å². The van der Waals surface area contributed by atoms with Gasteiger partial charge in [-0.1, -0.05) is 26.0 Å². The molecule has 2 atom stereocenters. The standard InChI is InChI=1S/C10H20O2/c1-5-9(3,11)7-8-10(4,12)6-2/h7-8,11-12H,5-6H2,1-4H3/b8-7-. The molecule has 2 N–H and O–H groups in total. The molecule has 0 fully saturated rings. The van der Waals surface area contributed by atoms with Crippen LogP contribution in [0.5, 0.6) is 0 Å². The lowest BCUT2D eigenvalue weighted by molar-refractivity contribution is 0.0893. The van der Waals surface area contributed by atoms with Crippen LogP contribution in [0.4, 0.5) is 0 Å². The van der Waals surface area contributed by atoms with Gasteiger partial charge in [0.15, 0.2) is 0 Å². The molecular formula is C10H20O2. The molecule has 0 bridgehead atoms. The van der Waals surface area contributed by atoms with Gasteiger partial charge in [0.05, 0.1) is 11.2 Å². The van der Waals surface area contributed by atoms with Gasteiger partial charge in [-0.2, -0.15) is 0 Å². The van der Waals surface area contributed by atoms with Gasteiger partial charge >= 0.3 is 0 Å². The molecule has 2 unspecified atom stereocenters. The van der Waals surface area contributed by atoms with Gasteiger partial charge < -0.3 is 10.2 Å². The fourth-order valence-electron chi connectivity index (χ4n) is 0.595. The van der Waals surface area contributed by atoms with Crippen LogP contribution in [0.25, 0.3) is 0 Å². The third kappa shape index (κ3) is 4.52. The second-order valence-corrected chi connectivity index (χ2v) is 3.75. The first-order valence-corrected chi connectivity index (χ1v) is 4.48. The minimum atomic E-state index is -0.792. The lowest BCUT2D eigenvalue weighted by Gasteiger charge is -2.20. The number of hydrogen-bond acceptors (Lipinski definition) is 2. The number of rotatable bonds is 4. The summed E-state index contributed by atoms with van der Waals surface area (Å²) >= 11 is 0. The SMILES string of the molecule is CCC(C)(O)/C=C\C(C)(O)CC. The van der Waals surface area contributed by atoms with Crippen molar-refractivity contribution in [1.29, 1.82) is 0 Å². The number of hydrogen-bond donors (Lipinski definition) is 2. The first-order chi connectivity index (χ1) is 5.33. The van der Waals surface area contributed by atoms with E-state index >= 15 is 0 Å². The Morgan fingerprint density at radius 2 is 1.17 bits per heavy atom. The third-order valence-electron chi connectivity index (χ3n) is 2.23. The van der Waals surface area contributed by atoms with Crippen LogP contribution in [0.2, 0.25) is 0 Å². The van der Waals surface area contributed by atoms with Crippen LogP contribution in [0.3, 0.4) is 0 Å². The van der Waals surface area contributed by atoms with E-state index in [0.29, 0.717) is 12.8 Å². The Bertz CT molecular complexity index is 139. The molecule has 12 heavy (non-hydrogen) atoms. The predicted molar refractivity (Wildman–Crippen MR) is 51.0 cm³/mol. The molecule has 0 aromatic rings. The summed E-state index contributed by atoms with van der Waals surface area (Å²) in [5.74, 6) is 0. The van der Waals surface area contributed by atoms with Crippen molar-refractivity contribution in [3.8, 4) is 0 Å². The maximum absolute atomic E-state index is 9.58. The monoisotopic (exact) mass is 172 g/mol. The average molecular weight is 172 g/mol. The Balaban J connectivity index is 4.23. The van der Waals surface area contributed by atoms with Crippen LogP contribution < -0.4 is 0 Å². The zero-order valence-electron chi connectivity index (χ0n) is 8.46. The van der Waals surface area contributed by atoms with Crippen LogP contribution in [-0.2, 0) is 0 Å². The van der Waals surface area contributed by atoms with Crippen LogP contribution in [0.15, 0.2) is 12.2 Å². The van der Waals surface area contributed by atoms with Gasteiger partial charge in [0.25, 0.3) is 0 Å². The van der Waals surface area contributed by atoms with Crippen molar-refractivity contribution in [2.24, 2.45) is 0 Å². The quantitative estimate of drug-likeness (QED) is 0.635. The van der Waals surface area contributed by atoms with Crippen molar-refractivity contribution < 1.29 is 10.2 Å². The highest BCUT2D eigenvalue weighted by Gasteiger charge is 2.17. The molecule has 0 saturated heterocycles. The van der Waals surface area contributed by atoms with Crippen molar-refractivity contribution in [1.82, 2.24) is 0 Å². The summed E-state index contributed by atoms with van der Waals surface area (Å²) in [6, 6.07) is 0. The molecule has 0 radical (unpaired) electrons. The summed E-state index contributed by atoms with van der Waals surface area (Å²) in [5, 5.41) is 19.2. The van der Waals surface area contributed by atoms with Crippen molar-refractivity contribution in [3.05, 3.63) is 12.2 Å². The molecule has 2 nitrogen and oxygen atoms in total.